The lowest BCUT2D eigenvalue weighted by Gasteiger charge is -2.19. The molecule has 0 aliphatic rings. The molecule has 1 aromatic rings. The Balaban J connectivity index is 2.59. The molecule has 0 saturated heterocycles. The Hall–Kier alpha value is -5.59. The molecule has 0 spiro atoms. The second-order valence-corrected chi connectivity index (χ2v) is 10.1. The molecule has 2 unspecified atom stereocenters. The van der Waals surface area contributed by atoms with Crippen molar-refractivity contribution < 1.29 is 53.4 Å². The van der Waals surface area contributed by atoms with Gasteiger partial charge in [-0.15, -0.1) is 0 Å². The number of hydrogen-bond acceptors (Lipinski definition) is 10. The van der Waals surface area contributed by atoms with Crippen molar-refractivity contribution in [2.75, 3.05) is 32.7 Å². The first kappa shape index (κ1) is 39.4. The Morgan fingerprint density at radius 2 is 1.13 bits per heavy atom. The zero-order valence-electron chi connectivity index (χ0n) is 25.6. The number of hydrogen-bond donors (Lipinski definition) is 10. The van der Waals surface area contributed by atoms with Gasteiger partial charge in [0.05, 0.1) is 39.1 Å². The molecule has 19 heteroatoms. The van der Waals surface area contributed by atoms with Gasteiger partial charge in [-0.3, -0.25) is 43.2 Å². The zero-order chi connectivity index (χ0) is 35.4. The normalized spacial score (nSPS) is 12.2. The molecule has 11 N–H and O–H groups in total. The Kier molecular flexibility index (Phi) is 17.8. The van der Waals surface area contributed by atoms with Gasteiger partial charge < -0.3 is 53.2 Å². The van der Waals surface area contributed by atoms with Gasteiger partial charge in [-0.25, -0.2) is 0 Å². The summed E-state index contributed by atoms with van der Waals surface area (Å²) in [5, 5.41) is 33.8. The van der Waals surface area contributed by atoms with Crippen LogP contribution >= 0.6 is 0 Å². The van der Waals surface area contributed by atoms with Crippen LogP contribution in [0.2, 0.25) is 0 Å². The predicted octanol–water partition coefficient (Wildman–Crippen LogP) is -4.53. The summed E-state index contributed by atoms with van der Waals surface area (Å²) >= 11 is 0. The third-order valence-corrected chi connectivity index (χ3v) is 6.05. The third-order valence-electron chi connectivity index (χ3n) is 6.05. The number of aliphatic carboxylic acids is 2. The fraction of sp³-hybridized carbons (Fsp3) is 0.464. The Morgan fingerprint density at radius 3 is 1.68 bits per heavy atom. The molecule has 1 rings (SSSR count). The summed E-state index contributed by atoms with van der Waals surface area (Å²) in [5.41, 5.74) is 5.87. The second-order valence-electron chi connectivity index (χ2n) is 10.1. The number of benzene rings is 1. The largest absolute Gasteiger partial charge is 0.481 e. The highest BCUT2D eigenvalue weighted by molar-refractivity contribution is 5.94. The summed E-state index contributed by atoms with van der Waals surface area (Å²) < 4.78 is 0. The topological polar surface area (TPSA) is 304 Å². The summed E-state index contributed by atoms with van der Waals surface area (Å²) in [6, 6.07) is 5.55. The summed E-state index contributed by atoms with van der Waals surface area (Å²) in [7, 11) is 0. The van der Waals surface area contributed by atoms with Crippen LogP contribution < -0.4 is 43.0 Å². The SMILES string of the molecule is C[C@H](CC(=O)O)NC(=O)CNC(=O)C(Cc1ccccc1)NC(=O)CNC(=O)CNC(=O)CNC(=O)C(CCC(=O)O)NC(=O)CN. The van der Waals surface area contributed by atoms with Crippen molar-refractivity contribution >= 4 is 53.3 Å². The number of carbonyl (C=O) groups is 9. The summed E-state index contributed by atoms with van der Waals surface area (Å²) in [4.78, 5) is 107. The second kappa shape index (κ2) is 21.2. The van der Waals surface area contributed by atoms with E-state index in [-0.39, 0.29) is 19.3 Å². The number of carboxylic acid groups (broad SMARTS) is 2. The minimum atomic E-state index is -1.26. The molecule has 0 radical (unpaired) electrons. The fourth-order valence-electron chi connectivity index (χ4n) is 3.80. The van der Waals surface area contributed by atoms with Crippen LogP contribution in [0.25, 0.3) is 0 Å². The molecule has 1 aromatic carbocycles. The number of nitrogens with one attached hydrogen (secondary N) is 7. The molecule has 7 amide bonds. The van der Waals surface area contributed by atoms with Gasteiger partial charge in [-0.2, -0.15) is 0 Å². The van der Waals surface area contributed by atoms with Gasteiger partial charge in [0.25, 0.3) is 0 Å². The average molecular weight is 665 g/mol. The molecule has 0 aliphatic heterocycles. The van der Waals surface area contributed by atoms with E-state index in [9.17, 15) is 43.2 Å². The van der Waals surface area contributed by atoms with E-state index < -0.39 is 111 Å². The van der Waals surface area contributed by atoms with Crippen LogP contribution in [-0.4, -0.2) is 114 Å². The Labute approximate surface area is 269 Å². The smallest absolute Gasteiger partial charge is 0.305 e. The molecular weight excluding hydrogens is 624 g/mol. The van der Waals surface area contributed by atoms with E-state index in [2.05, 4.69) is 37.2 Å². The minimum Gasteiger partial charge on any atom is -0.481 e. The van der Waals surface area contributed by atoms with Crippen LogP contribution in [0.4, 0.5) is 0 Å². The van der Waals surface area contributed by atoms with E-state index in [4.69, 9.17) is 15.9 Å². The Bertz CT molecular complexity index is 1290. The van der Waals surface area contributed by atoms with Crippen LogP contribution in [0.1, 0.15) is 31.7 Å². The van der Waals surface area contributed by atoms with Crippen molar-refractivity contribution in [3.05, 3.63) is 35.9 Å². The van der Waals surface area contributed by atoms with Gasteiger partial charge in [0.2, 0.25) is 41.4 Å². The number of carbonyl (C=O) groups excluding carboxylic acids is 7. The molecule has 3 atom stereocenters. The van der Waals surface area contributed by atoms with E-state index in [0.29, 0.717) is 5.56 Å². The van der Waals surface area contributed by atoms with Crippen LogP contribution in [-0.2, 0) is 49.6 Å². The summed E-state index contributed by atoms with van der Waals surface area (Å²) in [6.45, 7) is -1.21. The summed E-state index contributed by atoms with van der Waals surface area (Å²) in [5.74, 6) is -7.57. The van der Waals surface area contributed by atoms with Gasteiger partial charge in [0.1, 0.15) is 12.1 Å². The first-order chi connectivity index (χ1) is 22.2. The molecule has 0 bridgehead atoms. The third kappa shape index (κ3) is 18.1. The fourth-order valence-corrected chi connectivity index (χ4v) is 3.80. The van der Waals surface area contributed by atoms with Crippen LogP contribution in [0.5, 0.6) is 0 Å². The van der Waals surface area contributed by atoms with Crippen molar-refractivity contribution in [2.45, 2.75) is 50.7 Å². The monoisotopic (exact) mass is 664 g/mol. The van der Waals surface area contributed by atoms with Crippen molar-refractivity contribution in [2.24, 2.45) is 5.73 Å². The lowest BCUT2D eigenvalue weighted by molar-refractivity contribution is -0.139. The van der Waals surface area contributed by atoms with Crippen LogP contribution in [0.15, 0.2) is 30.3 Å². The van der Waals surface area contributed by atoms with Gasteiger partial charge in [-0.05, 0) is 18.9 Å². The molecule has 0 fully saturated rings. The van der Waals surface area contributed by atoms with Crippen molar-refractivity contribution in [3.63, 3.8) is 0 Å². The van der Waals surface area contributed by atoms with Crippen molar-refractivity contribution in [1.29, 1.82) is 0 Å². The average Bonchev–Trinajstić information content (AvgIpc) is 3.01. The molecule has 0 aliphatic carbocycles. The molecule has 19 nitrogen and oxygen atoms in total. The van der Waals surface area contributed by atoms with E-state index in [0.717, 1.165) is 0 Å². The van der Waals surface area contributed by atoms with E-state index in [1.165, 1.54) is 6.92 Å². The predicted molar refractivity (Wildman–Crippen MR) is 162 cm³/mol. The maximum absolute atomic E-state index is 12.8. The first-order valence-corrected chi connectivity index (χ1v) is 14.3. The highest BCUT2D eigenvalue weighted by atomic mass is 16.4. The van der Waals surface area contributed by atoms with E-state index >= 15 is 0 Å². The zero-order valence-corrected chi connectivity index (χ0v) is 25.6. The van der Waals surface area contributed by atoms with Gasteiger partial charge in [-0.1, -0.05) is 30.3 Å². The quantitative estimate of drug-likeness (QED) is 0.0594. The van der Waals surface area contributed by atoms with Crippen molar-refractivity contribution in [3.8, 4) is 0 Å². The maximum atomic E-state index is 12.8. The minimum absolute atomic E-state index is 0.0399. The summed E-state index contributed by atoms with van der Waals surface area (Å²) in [6.07, 6.45) is -0.965. The molecule has 0 heterocycles. The van der Waals surface area contributed by atoms with Gasteiger partial charge in [0.15, 0.2) is 0 Å². The lowest BCUT2D eigenvalue weighted by atomic mass is 10.1. The number of rotatable bonds is 21. The van der Waals surface area contributed by atoms with Crippen molar-refractivity contribution in [1.82, 2.24) is 37.2 Å². The number of nitrogens with two attached hydrogens (primary N) is 1. The Morgan fingerprint density at radius 1 is 0.638 bits per heavy atom. The van der Waals surface area contributed by atoms with Gasteiger partial charge in [0, 0.05) is 18.9 Å². The van der Waals surface area contributed by atoms with Crippen LogP contribution in [0.3, 0.4) is 0 Å². The number of carboxylic acids is 2. The molecular formula is C28H40N8O11. The van der Waals surface area contributed by atoms with Crippen LogP contribution in [0, 0.1) is 0 Å². The van der Waals surface area contributed by atoms with Gasteiger partial charge >= 0.3 is 11.9 Å². The molecule has 47 heavy (non-hydrogen) atoms. The molecule has 0 aromatic heterocycles. The highest BCUT2D eigenvalue weighted by Crippen LogP contribution is 2.04. The first-order valence-electron chi connectivity index (χ1n) is 14.3. The van der Waals surface area contributed by atoms with E-state index in [1.807, 2.05) is 0 Å². The lowest BCUT2D eigenvalue weighted by Crippen LogP contribution is -2.53. The number of amides is 7. The molecule has 0 saturated carbocycles. The molecule has 258 valence electrons. The maximum Gasteiger partial charge on any atom is 0.305 e. The highest BCUT2D eigenvalue weighted by Gasteiger charge is 2.24. The standard InChI is InChI=1S/C28H40N8O11/c1-16(9-26(44)45)34-23(40)15-33-28(47)19(10-17-5-3-2-4-6-17)36-24(41)14-31-21(38)12-30-22(39)13-32-27(46)18(7-8-25(42)43)35-20(37)11-29/h2-6,16,18-19H,7-15,29H2,1H3,(H,30,39)(H,31,38)(H,32,46)(H,33,47)(H,34,40)(H,35,37)(H,36,41)(H,42,43)(H,44,45)/t16-,18?,19?/m1/s1. The van der Waals surface area contributed by atoms with E-state index in [1.54, 1.807) is 30.3 Å².